The van der Waals surface area contributed by atoms with Gasteiger partial charge in [-0.1, -0.05) is 49.6 Å². The first-order valence-corrected chi connectivity index (χ1v) is 8.26. The van der Waals surface area contributed by atoms with Crippen LogP contribution in [0.4, 0.5) is 0 Å². The number of nitrogens with one attached hydrogen (secondary N) is 1. The second-order valence-corrected chi connectivity index (χ2v) is 6.87. The van der Waals surface area contributed by atoms with Crippen molar-refractivity contribution in [3.8, 4) is 0 Å². The summed E-state index contributed by atoms with van der Waals surface area (Å²) >= 11 is 0. The third-order valence-corrected chi connectivity index (χ3v) is 5.31. The molecule has 110 valence electrons. The smallest absolute Gasteiger partial charge is 0.0560 e. The molecule has 20 heavy (non-hydrogen) atoms. The fourth-order valence-electron chi connectivity index (χ4n) is 4.05. The maximum Gasteiger partial charge on any atom is 0.0560 e. The molecule has 1 aromatic carbocycles. The highest BCUT2D eigenvalue weighted by Crippen LogP contribution is 2.36. The van der Waals surface area contributed by atoms with E-state index in [0.717, 1.165) is 12.6 Å². The van der Waals surface area contributed by atoms with Gasteiger partial charge in [0.2, 0.25) is 0 Å². The van der Waals surface area contributed by atoms with Crippen LogP contribution in [-0.4, -0.2) is 30.1 Å². The third-order valence-electron chi connectivity index (χ3n) is 5.31. The van der Waals surface area contributed by atoms with E-state index in [1.165, 1.54) is 44.2 Å². The van der Waals surface area contributed by atoms with Crippen molar-refractivity contribution in [3.63, 3.8) is 0 Å². The molecule has 0 bridgehead atoms. The normalized spacial score (nSPS) is 33.2. The van der Waals surface area contributed by atoms with Crippen molar-refractivity contribution in [2.45, 2.75) is 63.6 Å². The van der Waals surface area contributed by atoms with Crippen molar-refractivity contribution in [2.24, 2.45) is 0 Å². The Morgan fingerprint density at radius 2 is 1.80 bits per heavy atom. The first-order valence-electron chi connectivity index (χ1n) is 8.26. The van der Waals surface area contributed by atoms with Crippen LogP contribution < -0.4 is 5.32 Å². The summed E-state index contributed by atoms with van der Waals surface area (Å²) in [5, 5.41) is 3.70. The molecule has 2 atom stereocenters. The van der Waals surface area contributed by atoms with E-state index in [-0.39, 0.29) is 5.54 Å². The van der Waals surface area contributed by atoms with Crippen LogP contribution in [0, 0.1) is 0 Å². The van der Waals surface area contributed by atoms with Crippen LogP contribution >= 0.6 is 0 Å². The summed E-state index contributed by atoms with van der Waals surface area (Å²) in [6.07, 6.45) is 7.02. The van der Waals surface area contributed by atoms with Crippen molar-refractivity contribution < 1.29 is 0 Å². The van der Waals surface area contributed by atoms with E-state index in [4.69, 9.17) is 0 Å². The lowest BCUT2D eigenvalue weighted by Crippen LogP contribution is -2.63. The Hall–Kier alpha value is -0.860. The highest BCUT2D eigenvalue weighted by Gasteiger charge is 2.41. The zero-order chi connectivity index (χ0) is 14.0. The van der Waals surface area contributed by atoms with E-state index in [9.17, 15) is 0 Å². The van der Waals surface area contributed by atoms with Crippen LogP contribution in [0.15, 0.2) is 30.3 Å². The van der Waals surface area contributed by atoms with Crippen LogP contribution in [0.3, 0.4) is 0 Å². The topological polar surface area (TPSA) is 15.3 Å². The van der Waals surface area contributed by atoms with E-state index in [1.54, 1.807) is 0 Å². The molecule has 2 fully saturated rings. The van der Waals surface area contributed by atoms with E-state index in [2.05, 4.69) is 54.4 Å². The van der Waals surface area contributed by atoms with Gasteiger partial charge in [-0.05, 0) is 32.3 Å². The van der Waals surface area contributed by atoms with Gasteiger partial charge in [-0.15, -0.1) is 0 Å². The third kappa shape index (κ3) is 2.64. The van der Waals surface area contributed by atoms with Gasteiger partial charge in [0.25, 0.3) is 0 Å². The fraction of sp³-hybridized carbons (Fsp3) is 0.667. The maximum absolute atomic E-state index is 3.70. The lowest BCUT2D eigenvalue weighted by Gasteiger charge is -2.52. The Morgan fingerprint density at radius 1 is 1.10 bits per heavy atom. The monoisotopic (exact) mass is 272 g/mol. The summed E-state index contributed by atoms with van der Waals surface area (Å²) < 4.78 is 0. The summed E-state index contributed by atoms with van der Waals surface area (Å²) in [5.41, 5.74) is 1.61. The summed E-state index contributed by atoms with van der Waals surface area (Å²) in [6, 6.07) is 12.5. The van der Waals surface area contributed by atoms with E-state index in [1.807, 2.05) is 0 Å². The predicted molar refractivity (Wildman–Crippen MR) is 84.8 cm³/mol. The molecule has 1 N–H and O–H groups in total. The average Bonchev–Trinajstić information content (AvgIpc) is 2.51. The van der Waals surface area contributed by atoms with Gasteiger partial charge in [-0.2, -0.15) is 0 Å². The Labute approximate surface area is 123 Å². The average molecular weight is 272 g/mol. The summed E-state index contributed by atoms with van der Waals surface area (Å²) in [4.78, 5) is 2.81. The molecule has 3 rings (SSSR count). The maximum atomic E-state index is 3.70. The molecular weight excluding hydrogens is 244 g/mol. The first-order chi connectivity index (χ1) is 9.70. The van der Waals surface area contributed by atoms with Crippen LogP contribution in [0.5, 0.6) is 0 Å². The van der Waals surface area contributed by atoms with Gasteiger partial charge in [0, 0.05) is 25.2 Å². The van der Waals surface area contributed by atoms with Crippen molar-refractivity contribution in [1.82, 2.24) is 10.2 Å². The van der Waals surface area contributed by atoms with Gasteiger partial charge in [0.05, 0.1) is 5.54 Å². The van der Waals surface area contributed by atoms with Crippen molar-refractivity contribution in [1.29, 1.82) is 0 Å². The molecule has 2 unspecified atom stereocenters. The van der Waals surface area contributed by atoms with Gasteiger partial charge in [0.15, 0.2) is 0 Å². The SMILES string of the molecule is CC1CN(C2CCCCC2)C(C)(c2ccccc2)CN1. The molecule has 1 aromatic rings. The second-order valence-electron chi connectivity index (χ2n) is 6.87. The molecule has 0 spiro atoms. The van der Waals surface area contributed by atoms with Crippen molar-refractivity contribution >= 4 is 0 Å². The highest BCUT2D eigenvalue weighted by molar-refractivity contribution is 5.26. The lowest BCUT2D eigenvalue weighted by molar-refractivity contribution is -0.000903. The fourth-order valence-corrected chi connectivity index (χ4v) is 4.05. The largest absolute Gasteiger partial charge is 0.311 e. The van der Waals surface area contributed by atoms with E-state index in [0.29, 0.717) is 6.04 Å². The van der Waals surface area contributed by atoms with Crippen LogP contribution in [0.2, 0.25) is 0 Å². The van der Waals surface area contributed by atoms with Crippen LogP contribution in [-0.2, 0) is 5.54 Å². The molecule has 1 aliphatic carbocycles. The molecule has 2 heteroatoms. The summed E-state index contributed by atoms with van der Waals surface area (Å²) in [7, 11) is 0. The molecule has 2 aliphatic rings. The molecular formula is C18H28N2. The van der Waals surface area contributed by atoms with Gasteiger partial charge in [-0.3, -0.25) is 4.90 Å². The Bertz CT molecular complexity index is 424. The minimum atomic E-state index is 0.149. The number of benzene rings is 1. The molecule has 0 amide bonds. The number of nitrogens with zero attached hydrogens (tertiary/aromatic N) is 1. The molecule has 1 saturated carbocycles. The zero-order valence-electron chi connectivity index (χ0n) is 12.9. The molecule has 1 heterocycles. The standard InChI is InChI=1S/C18H28N2/c1-15-13-20(17-11-7-4-8-12-17)18(2,14-19-15)16-9-5-3-6-10-16/h3,5-6,9-10,15,17,19H,4,7-8,11-14H2,1-2H3. The van der Waals surface area contributed by atoms with Gasteiger partial charge >= 0.3 is 0 Å². The van der Waals surface area contributed by atoms with E-state index < -0.39 is 0 Å². The molecule has 2 nitrogen and oxygen atoms in total. The number of hydrogen-bond acceptors (Lipinski definition) is 2. The summed E-state index contributed by atoms with van der Waals surface area (Å²) in [5.74, 6) is 0. The predicted octanol–water partition coefficient (Wildman–Crippen LogP) is 3.53. The zero-order valence-corrected chi connectivity index (χ0v) is 12.9. The van der Waals surface area contributed by atoms with Crippen molar-refractivity contribution in [2.75, 3.05) is 13.1 Å². The van der Waals surface area contributed by atoms with Gasteiger partial charge in [-0.25, -0.2) is 0 Å². The quantitative estimate of drug-likeness (QED) is 0.886. The van der Waals surface area contributed by atoms with Crippen LogP contribution in [0.1, 0.15) is 51.5 Å². The Morgan fingerprint density at radius 3 is 2.50 bits per heavy atom. The molecule has 1 saturated heterocycles. The summed E-state index contributed by atoms with van der Waals surface area (Å²) in [6.45, 7) is 6.99. The minimum absolute atomic E-state index is 0.149. The molecule has 0 aromatic heterocycles. The highest BCUT2D eigenvalue weighted by atomic mass is 15.3. The minimum Gasteiger partial charge on any atom is -0.311 e. The number of rotatable bonds is 2. The van der Waals surface area contributed by atoms with E-state index >= 15 is 0 Å². The number of hydrogen-bond donors (Lipinski definition) is 1. The first kappa shape index (κ1) is 14.1. The molecule has 0 radical (unpaired) electrons. The Balaban J connectivity index is 1.89. The second kappa shape index (κ2) is 5.87. The number of piperazine rings is 1. The van der Waals surface area contributed by atoms with Gasteiger partial charge < -0.3 is 5.32 Å². The Kier molecular flexibility index (Phi) is 4.13. The van der Waals surface area contributed by atoms with Crippen molar-refractivity contribution in [3.05, 3.63) is 35.9 Å². The molecule has 1 aliphatic heterocycles. The lowest BCUT2D eigenvalue weighted by atomic mass is 9.82. The van der Waals surface area contributed by atoms with Crippen LogP contribution in [0.25, 0.3) is 0 Å². The van der Waals surface area contributed by atoms with Gasteiger partial charge in [0.1, 0.15) is 0 Å².